The molecule has 1 fully saturated rings. The van der Waals surface area contributed by atoms with Crippen LogP contribution >= 0.6 is 0 Å². The first kappa shape index (κ1) is 13.1. The van der Waals surface area contributed by atoms with E-state index in [4.69, 9.17) is 9.15 Å². The van der Waals surface area contributed by atoms with Crippen LogP contribution in [0.2, 0.25) is 0 Å². The lowest BCUT2D eigenvalue weighted by atomic mass is 10.2. The number of hydrogen-bond donors (Lipinski definition) is 2. The van der Waals surface area contributed by atoms with Crippen molar-refractivity contribution in [3.63, 3.8) is 0 Å². The molecule has 0 aliphatic carbocycles. The Morgan fingerprint density at radius 3 is 3.28 bits per heavy atom. The van der Waals surface area contributed by atoms with E-state index in [2.05, 4.69) is 10.6 Å². The lowest BCUT2D eigenvalue weighted by molar-refractivity contribution is -0.122. The van der Waals surface area contributed by atoms with Gasteiger partial charge in [-0.05, 0) is 37.9 Å². The number of amides is 1. The summed E-state index contributed by atoms with van der Waals surface area (Å²) in [5.41, 5.74) is 0. The van der Waals surface area contributed by atoms with E-state index in [1.807, 2.05) is 12.1 Å². The molecule has 1 aromatic rings. The van der Waals surface area contributed by atoms with Gasteiger partial charge in [-0.1, -0.05) is 0 Å². The van der Waals surface area contributed by atoms with Crippen molar-refractivity contribution in [1.82, 2.24) is 10.6 Å². The second-order valence-electron chi connectivity index (χ2n) is 4.43. The molecule has 5 heteroatoms. The van der Waals surface area contributed by atoms with E-state index < -0.39 is 0 Å². The number of hydrogen-bond acceptors (Lipinski definition) is 4. The van der Waals surface area contributed by atoms with Crippen LogP contribution in [0.1, 0.15) is 25.0 Å². The van der Waals surface area contributed by atoms with E-state index in [1.54, 1.807) is 6.26 Å². The summed E-state index contributed by atoms with van der Waals surface area (Å²) >= 11 is 0. The molecule has 100 valence electrons. The first-order chi connectivity index (χ1) is 8.86. The summed E-state index contributed by atoms with van der Waals surface area (Å²) in [4.78, 5) is 11.6. The highest BCUT2D eigenvalue weighted by molar-refractivity contribution is 5.81. The van der Waals surface area contributed by atoms with Crippen molar-refractivity contribution in [2.75, 3.05) is 19.7 Å². The van der Waals surface area contributed by atoms with Crippen LogP contribution in [0.3, 0.4) is 0 Å². The number of nitrogens with one attached hydrogen (secondary N) is 2. The molecule has 2 N–H and O–H groups in total. The summed E-state index contributed by atoms with van der Waals surface area (Å²) in [7, 11) is 0. The number of furan rings is 1. The molecule has 1 aromatic heterocycles. The Morgan fingerprint density at radius 2 is 2.56 bits per heavy atom. The maximum atomic E-state index is 11.6. The SMILES string of the molecule is O=C(NCCCOCc1ccco1)[C@@H]1CCCN1. The Morgan fingerprint density at radius 1 is 1.61 bits per heavy atom. The normalized spacial score (nSPS) is 19.0. The Bertz CT molecular complexity index is 345. The summed E-state index contributed by atoms with van der Waals surface area (Å²) in [6, 6.07) is 3.73. The summed E-state index contributed by atoms with van der Waals surface area (Å²) in [6.45, 7) is 2.73. The van der Waals surface area contributed by atoms with Gasteiger partial charge in [0.2, 0.25) is 5.91 Å². The van der Waals surface area contributed by atoms with Crippen molar-refractivity contribution in [2.24, 2.45) is 0 Å². The van der Waals surface area contributed by atoms with Gasteiger partial charge in [0, 0.05) is 13.2 Å². The fraction of sp³-hybridized carbons (Fsp3) is 0.615. The van der Waals surface area contributed by atoms with Gasteiger partial charge in [0.15, 0.2) is 0 Å². The maximum absolute atomic E-state index is 11.6. The molecule has 2 heterocycles. The highest BCUT2D eigenvalue weighted by atomic mass is 16.5. The number of rotatable bonds is 7. The molecular weight excluding hydrogens is 232 g/mol. The van der Waals surface area contributed by atoms with Crippen molar-refractivity contribution in [3.8, 4) is 0 Å². The van der Waals surface area contributed by atoms with Gasteiger partial charge in [-0.15, -0.1) is 0 Å². The molecule has 18 heavy (non-hydrogen) atoms. The Hall–Kier alpha value is -1.33. The van der Waals surface area contributed by atoms with Crippen LogP contribution in [-0.4, -0.2) is 31.6 Å². The van der Waals surface area contributed by atoms with Crippen molar-refractivity contribution in [3.05, 3.63) is 24.2 Å². The largest absolute Gasteiger partial charge is 0.467 e. The van der Waals surface area contributed by atoms with Crippen LogP contribution in [0.15, 0.2) is 22.8 Å². The second-order valence-corrected chi connectivity index (χ2v) is 4.43. The van der Waals surface area contributed by atoms with Crippen LogP contribution in [-0.2, 0) is 16.1 Å². The van der Waals surface area contributed by atoms with Gasteiger partial charge < -0.3 is 19.8 Å². The monoisotopic (exact) mass is 252 g/mol. The van der Waals surface area contributed by atoms with Gasteiger partial charge in [0.25, 0.3) is 0 Å². The Kier molecular flexibility index (Phi) is 5.23. The fourth-order valence-corrected chi connectivity index (χ4v) is 1.98. The molecule has 2 rings (SSSR count). The van der Waals surface area contributed by atoms with Gasteiger partial charge in [-0.25, -0.2) is 0 Å². The van der Waals surface area contributed by atoms with Crippen LogP contribution < -0.4 is 10.6 Å². The van der Waals surface area contributed by atoms with Crippen LogP contribution in [0, 0.1) is 0 Å². The van der Waals surface area contributed by atoms with E-state index >= 15 is 0 Å². The third-order valence-corrected chi connectivity index (χ3v) is 2.97. The van der Waals surface area contributed by atoms with E-state index in [0.717, 1.165) is 31.6 Å². The fourth-order valence-electron chi connectivity index (χ4n) is 1.98. The van der Waals surface area contributed by atoms with E-state index in [1.165, 1.54) is 0 Å². The van der Waals surface area contributed by atoms with Gasteiger partial charge in [0.1, 0.15) is 12.4 Å². The van der Waals surface area contributed by atoms with Gasteiger partial charge in [-0.2, -0.15) is 0 Å². The minimum Gasteiger partial charge on any atom is -0.467 e. The molecular formula is C13H20N2O3. The lowest BCUT2D eigenvalue weighted by Crippen LogP contribution is -2.40. The van der Waals surface area contributed by atoms with Crippen molar-refractivity contribution in [2.45, 2.75) is 31.9 Å². The molecule has 0 bridgehead atoms. The van der Waals surface area contributed by atoms with E-state index in [9.17, 15) is 4.79 Å². The molecule has 1 amide bonds. The van der Waals surface area contributed by atoms with Gasteiger partial charge in [-0.3, -0.25) is 4.79 Å². The molecule has 1 atom stereocenters. The molecule has 0 radical (unpaired) electrons. The summed E-state index contributed by atoms with van der Waals surface area (Å²) in [5.74, 6) is 0.938. The number of carbonyl (C=O) groups is 1. The number of carbonyl (C=O) groups excluding carboxylic acids is 1. The zero-order valence-electron chi connectivity index (χ0n) is 10.5. The lowest BCUT2D eigenvalue weighted by Gasteiger charge is -2.10. The zero-order valence-corrected chi connectivity index (χ0v) is 10.5. The molecule has 0 saturated carbocycles. The second kappa shape index (κ2) is 7.18. The molecule has 1 saturated heterocycles. The maximum Gasteiger partial charge on any atom is 0.237 e. The molecule has 5 nitrogen and oxygen atoms in total. The third kappa shape index (κ3) is 4.16. The average Bonchev–Trinajstić information content (AvgIpc) is 3.05. The first-order valence-electron chi connectivity index (χ1n) is 6.47. The summed E-state index contributed by atoms with van der Waals surface area (Å²) < 4.78 is 10.6. The van der Waals surface area contributed by atoms with Crippen molar-refractivity contribution < 1.29 is 13.9 Å². The van der Waals surface area contributed by atoms with Gasteiger partial charge in [0.05, 0.1) is 12.3 Å². The number of ether oxygens (including phenoxy) is 1. The van der Waals surface area contributed by atoms with Crippen LogP contribution in [0.4, 0.5) is 0 Å². The van der Waals surface area contributed by atoms with Crippen molar-refractivity contribution in [1.29, 1.82) is 0 Å². The van der Waals surface area contributed by atoms with Crippen LogP contribution in [0.25, 0.3) is 0 Å². The highest BCUT2D eigenvalue weighted by Gasteiger charge is 2.20. The first-order valence-corrected chi connectivity index (χ1v) is 6.47. The third-order valence-electron chi connectivity index (χ3n) is 2.97. The minimum atomic E-state index is 0.00837. The summed E-state index contributed by atoms with van der Waals surface area (Å²) in [5, 5.41) is 6.08. The molecule has 1 aliphatic heterocycles. The topological polar surface area (TPSA) is 63.5 Å². The molecule has 0 aromatic carbocycles. The quantitative estimate of drug-likeness (QED) is 0.712. The van der Waals surface area contributed by atoms with E-state index in [-0.39, 0.29) is 11.9 Å². The predicted molar refractivity (Wildman–Crippen MR) is 67.0 cm³/mol. The zero-order chi connectivity index (χ0) is 12.6. The molecule has 0 unspecified atom stereocenters. The minimum absolute atomic E-state index is 0.00837. The Labute approximate surface area is 107 Å². The predicted octanol–water partition coefficient (Wildman–Crippen LogP) is 1.05. The van der Waals surface area contributed by atoms with Crippen LogP contribution in [0.5, 0.6) is 0 Å². The average molecular weight is 252 g/mol. The highest BCUT2D eigenvalue weighted by Crippen LogP contribution is 2.04. The van der Waals surface area contributed by atoms with Gasteiger partial charge >= 0.3 is 0 Å². The molecule has 1 aliphatic rings. The Balaban J connectivity index is 1.47. The van der Waals surface area contributed by atoms with E-state index in [0.29, 0.717) is 19.8 Å². The standard InChI is InChI=1S/C13H20N2O3/c16-13(12-5-1-6-14-12)15-7-3-8-17-10-11-4-2-9-18-11/h2,4,9,12,14H,1,3,5-8,10H2,(H,15,16)/t12-/m0/s1. The smallest absolute Gasteiger partial charge is 0.237 e. The van der Waals surface area contributed by atoms with Crippen molar-refractivity contribution >= 4 is 5.91 Å². The summed E-state index contributed by atoms with van der Waals surface area (Å²) in [6.07, 6.45) is 4.48. The molecule has 0 spiro atoms.